The summed E-state index contributed by atoms with van der Waals surface area (Å²) < 4.78 is 47.6. The van der Waals surface area contributed by atoms with Crippen LogP contribution in [0.3, 0.4) is 0 Å². The second-order valence-corrected chi connectivity index (χ2v) is 11.7. The lowest BCUT2D eigenvalue weighted by Gasteiger charge is -2.25. The summed E-state index contributed by atoms with van der Waals surface area (Å²) >= 11 is 0.873. The lowest BCUT2D eigenvalue weighted by atomic mass is 10.0. The molecule has 1 fully saturated rings. The predicted molar refractivity (Wildman–Crippen MR) is 146 cm³/mol. The number of aryl methyl sites for hydroxylation is 1. The predicted octanol–water partition coefficient (Wildman–Crippen LogP) is 4.91. The summed E-state index contributed by atoms with van der Waals surface area (Å²) in [6.07, 6.45) is -3.40. The Balaban J connectivity index is 1.58. The number of anilines is 1. The molecule has 0 bridgehead atoms. The maximum atomic E-state index is 14.0. The van der Waals surface area contributed by atoms with Crippen molar-refractivity contribution in [1.82, 2.24) is 19.4 Å². The van der Waals surface area contributed by atoms with Crippen molar-refractivity contribution in [1.29, 1.82) is 0 Å². The van der Waals surface area contributed by atoms with Crippen molar-refractivity contribution in [2.24, 2.45) is 0 Å². The van der Waals surface area contributed by atoms with Gasteiger partial charge in [0.15, 0.2) is 21.3 Å². The Hall–Kier alpha value is -3.48. The van der Waals surface area contributed by atoms with Crippen LogP contribution in [-0.2, 0) is 28.7 Å². The van der Waals surface area contributed by atoms with Gasteiger partial charge in [0.25, 0.3) is 5.56 Å². The summed E-state index contributed by atoms with van der Waals surface area (Å²) in [6, 6.07) is 9.17. The fourth-order valence-electron chi connectivity index (χ4n) is 4.53. The number of carbonyl (C=O) groups excluding carboxylic acids is 2. The second kappa shape index (κ2) is 11.6. The van der Waals surface area contributed by atoms with Crippen LogP contribution in [0.15, 0.2) is 35.1 Å². The van der Waals surface area contributed by atoms with E-state index in [2.05, 4.69) is 9.97 Å². The van der Waals surface area contributed by atoms with Gasteiger partial charge in [0.2, 0.25) is 5.82 Å². The highest BCUT2D eigenvalue weighted by atomic mass is 32.1. The molecule has 0 radical (unpaired) electrons. The van der Waals surface area contributed by atoms with Crippen LogP contribution in [0, 0.1) is 0 Å². The van der Waals surface area contributed by atoms with E-state index < -0.39 is 41.8 Å². The zero-order valence-corrected chi connectivity index (χ0v) is 23.6. The Kier molecular flexibility index (Phi) is 8.52. The van der Waals surface area contributed by atoms with Crippen molar-refractivity contribution in [3.8, 4) is 0 Å². The molecule has 0 saturated carbocycles. The van der Waals surface area contributed by atoms with Gasteiger partial charge < -0.3 is 14.5 Å². The van der Waals surface area contributed by atoms with Gasteiger partial charge in [-0.2, -0.15) is 13.2 Å². The summed E-state index contributed by atoms with van der Waals surface area (Å²) in [6.45, 7) is 4.84. The minimum atomic E-state index is -4.91. The number of rotatable bonds is 8. The Morgan fingerprint density at radius 3 is 2.50 bits per heavy atom. The molecule has 1 aromatic carbocycles. The number of benzene rings is 1. The summed E-state index contributed by atoms with van der Waals surface area (Å²) in [5.41, 5.74) is -0.895. The number of fused-ring (bicyclic) bond motifs is 1. The molecule has 40 heavy (non-hydrogen) atoms. The average molecular weight is 580 g/mol. The van der Waals surface area contributed by atoms with Crippen LogP contribution < -0.4 is 10.5 Å². The van der Waals surface area contributed by atoms with E-state index >= 15 is 0 Å². The molecular formula is C27H32F3N5O4S. The quantitative estimate of drug-likeness (QED) is 0.374. The molecule has 9 nitrogen and oxygen atoms in total. The number of amides is 1. The number of hydrogen-bond donors (Lipinski definition) is 0. The highest BCUT2D eigenvalue weighted by molar-refractivity contribution is 7.21. The average Bonchev–Trinajstić information content (AvgIpc) is 3.53. The van der Waals surface area contributed by atoms with Crippen LogP contribution >= 0.6 is 11.3 Å². The largest absolute Gasteiger partial charge is 0.449 e. The minimum absolute atomic E-state index is 0.0205. The lowest BCUT2D eigenvalue weighted by Crippen LogP contribution is -2.38. The minimum Gasteiger partial charge on any atom is -0.444 e. The van der Waals surface area contributed by atoms with Gasteiger partial charge in [-0.3, -0.25) is 14.2 Å². The fourth-order valence-corrected chi connectivity index (χ4v) is 5.54. The zero-order chi connectivity index (χ0) is 29.2. The molecule has 3 heterocycles. The lowest BCUT2D eigenvalue weighted by molar-refractivity contribution is -0.148. The van der Waals surface area contributed by atoms with Crippen LogP contribution in [0.4, 0.5) is 23.1 Å². The van der Waals surface area contributed by atoms with Crippen LogP contribution in [0.2, 0.25) is 0 Å². The van der Waals surface area contributed by atoms with Gasteiger partial charge in [-0.1, -0.05) is 41.7 Å². The summed E-state index contributed by atoms with van der Waals surface area (Å²) in [5, 5.41) is 0.298. The molecule has 1 aliphatic rings. The highest BCUT2D eigenvalue weighted by Gasteiger charge is 2.39. The van der Waals surface area contributed by atoms with E-state index in [1.807, 2.05) is 30.3 Å². The summed E-state index contributed by atoms with van der Waals surface area (Å²) in [7, 11) is 1.38. The normalized spacial score (nSPS) is 16.0. The number of thiazole rings is 1. The molecule has 2 aromatic heterocycles. The molecule has 1 amide bonds. The van der Waals surface area contributed by atoms with Crippen molar-refractivity contribution in [3.63, 3.8) is 0 Å². The van der Waals surface area contributed by atoms with Gasteiger partial charge in [0.05, 0.1) is 6.04 Å². The molecule has 3 aromatic rings. The number of hydrogen-bond acceptors (Lipinski definition) is 8. The van der Waals surface area contributed by atoms with Gasteiger partial charge in [0, 0.05) is 33.1 Å². The van der Waals surface area contributed by atoms with Gasteiger partial charge in [0.1, 0.15) is 5.60 Å². The van der Waals surface area contributed by atoms with Gasteiger partial charge >= 0.3 is 12.3 Å². The molecule has 13 heteroatoms. The Morgan fingerprint density at radius 2 is 1.85 bits per heavy atom. The van der Waals surface area contributed by atoms with Crippen molar-refractivity contribution in [2.45, 2.75) is 70.8 Å². The molecule has 0 spiro atoms. The standard InChI is InChI=1S/C27H32F3N5O4S/c1-26(2,3)39-25(38)33(4)15-16-35-22(37)20-21(32-23(35)27(28,29)30)40-24(31-20)34-14-8-11-18(34)19(36)13-12-17-9-6-5-7-10-17/h5-7,9-10,18H,8,11-16H2,1-4H3/t18-/m1/s1. The maximum Gasteiger partial charge on any atom is 0.449 e. The van der Waals surface area contributed by atoms with E-state index in [1.54, 1.807) is 25.7 Å². The molecule has 1 aliphatic heterocycles. The number of carbonyl (C=O) groups is 2. The van der Waals surface area contributed by atoms with Crippen molar-refractivity contribution >= 4 is 38.7 Å². The van der Waals surface area contributed by atoms with E-state index in [0.717, 1.165) is 28.2 Å². The van der Waals surface area contributed by atoms with E-state index in [4.69, 9.17) is 4.74 Å². The molecule has 1 atom stereocenters. The summed E-state index contributed by atoms with van der Waals surface area (Å²) in [5.74, 6) is -1.35. The molecule has 1 saturated heterocycles. The zero-order valence-electron chi connectivity index (χ0n) is 22.8. The number of ketones is 1. The number of ether oxygens (including phenoxy) is 1. The van der Waals surface area contributed by atoms with Gasteiger partial charge in [-0.15, -0.1) is 0 Å². The Labute approximate surface area is 233 Å². The monoisotopic (exact) mass is 579 g/mol. The number of halogens is 3. The first-order valence-electron chi connectivity index (χ1n) is 13.0. The number of Topliss-reactive ketones (excluding diaryl/α,β-unsaturated/α-hetero) is 1. The third-order valence-electron chi connectivity index (χ3n) is 6.50. The van der Waals surface area contributed by atoms with Crippen LogP contribution in [0.5, 0.6) is 0 Å². The number of alkyl halides is 3. The number of likely N-dealkylation sites (N-methyl/N-ethyl adjacent to an activating group) is 1. The van der Waals surface area contributed by atoms with E-state index in [0.29, 0.717) is 35.5 Å². The number of aromatic nitrogens is 3. The molecule has 4 rings (SSSR count). The molecular weight excluding hydrogens is 547 g/mol. The van der Waals surface area contributed by atoms with Crippen LogP contribution in [0.25, 0.3) is 10.3 Å². The SMILES string of the molecule is CN(CCn1c(C(F)(F)F)nc2sc(N3CCC[C@@H]3C(=O)CCc3ccccc3)nc2c1=O)C(=O)OC(C)(C)C. The maximum absolute atomic E-state index is 14.0. The van der Waals surface area contributed by atoms with Crippen molar-refractivity contribution in [3.05, 3.63) is 52.1 Å². The first-order valence-corrected chi connectivity index (χ1v) is 13.8. The first kappa shape index (κ1) is 29.5. The highest BCUT2D eigenvalue weighted by Crippen LogP contribution is 2.34. The molecule has 0 aliphatic carbocycles. The van der Waals surface area contributed by atoms with Gasteiger partial charge in [-0.05, 0) is 45.6 Å². The molecule has 216 valence electrons. The van der Waals surface area contributed by atoms with E-state index in [-0.39, 0.29) is 22.7 Å². The third-order valence-corrected chi connectivity index (χ3v) is 7.49. The van der Waals surface area contributed by atoms with E-state index in [9.17, 15) is 27.6 Å². The molecule has 0 N–H and O–H groups in total. The first-order chi connectivity index (χ1) is 18.7. The Bertz CT molecular complexity index is 1430. The smallest absolute Gasteiger partial charge is 0.444 e. The molecule has 0 unspecified atom stereocenters. The number of nitrogens with zero attached hydrogens (tertiary/aromatic N) is 5. The van der Waals surface area contributed by atoms with Crippen LogP contribution in [0.1, 0.15) is 51.4 Å². The Morgan fingerprint density at radius 1 is 1.15 bits per heavy atom. The summed E-state index contributed by atoms with van der Waals surface area (Å²) in [4.78, 5) is 49.5. The van der Waals surface area contributed by atoms with Crippen molar-refractivity contribution in [2.75, 3.05) is 25.0 Å². The second-order valence-electron chi connectivity index (χ2n) is 10.7. The van der Waals surface area contributed by atoms with Crippen LogP contribution in [-0.4, -0.2) is 63.1 Å². The van der Waals surface area contributed by atoms with Crippen molar-refractivity contribution < 1.29 is 27.5 Å². The fraction of sp³-hybridized carbons (Fsp3) is 0.519. The topological polar surface area (TPSA) is 97.6 Å². The third kappa shape index (κ3) is 6.80. The van der Waals surface area contributed by atoms with E-state index in [1.165, 1.54) is 7.05 Å². The van der Waals surface area contributed by atoms with Gasteiger partial charge in [-0.25, -0.2) is 14.8 Å².